The predicted molar refractivity (Wildman–Crippen MR) is 84.8 cm³/mol. The van der Waals surface area contributed by atoms with Crippen LogP contribution in [0.4, 0.5) is 0 Å². The average molecular weight is 265 g/mol. The van der Waals surface area contributed by atoms with Crippen LogP contribution in [0.15, 0.2) is 0 Å². The SMILES string of the molecule is [CH2]CCOC#CCCCCCCCCCCCCC. The van der Waals surface area contributed by atoms with Crippen molar-refractivity contribution in [3.8, 4) is 12.0 Å². The second-order valence-corrected chi connectivity index (χ2v) is 5.27. The normalized spacial score (nSPS) is 10.0. The topological polar surface area (TPSA) is 9.23 Å². The largest absolute Gasteiger partial charge is 0.447 e. The van der Waals surface area contributed by atoms with Crippen LogP contribution in [0.2, 0.25) is 0 Å². The van der Waals surface area contributed by atoms with Gasteiger partial charge in [0.15, 0.2) is 0 Å². The molecule has 0 fully saturated rings. The highest BCUT2D eigenvalue weighted by molar-refractivity contribution is 4.90. The lowest BCUT2D eigenvalue weighted by molar-refractivity contribution is 0.283. The quantitative estimate of drug-likeness (QED) is 0.298. The fraction of sp³-hybridized carbons (Fsp3) is 0.833. The lowest BCUT2D eigenvalue weighted by atomic mass is 10.1. The van der Waals surface area contributed by atoms with Gasteiger partial charge in [0, 0.05) is 6.42 Å². The molecule has 0 aromatic carbocycles. The van der Waals surface area contributed by atoms with Gasteiger partial charge in [0.1, 0.15) is 12.7 Å². The molecule has 0 aromatic heterocycles. The minimum atomic E-state index is 0.658. The summed E-state index contributed by atoms with van der Waals surface area (Å²) in [6.45, 7) is 6.63. The summed E-state index contributed by atoms with van der Waals surface area (Å²) < 4.78 is 5.06. The van der Waals surface area contributed by atoms with Crippen LogP contribution in [0.25, 0.3) is 0 Å². The Bertz CT molecular complexity index is 211. The van der Waals surface area contributed by atoms with Crippen LogP contribution in [-0.2, 0) is 4.74 Å². The summed E-state index contributed by atoms with van der Waals surface area (Å²) in [6.07, 6.45) is 19.8. The number of hydrogen-bond donors (Lipinski definition) is 0. The molecule has 1 radical (unpaired) electrons. The van der Waals surface area contributed by atoms with Crippen LogP contribution >= 0.6 is 0 Å². The van der Waals surface area contributed by atoms with E-state index >= 15 is 0 Å². The molecule has 0 atom stereocenters. The Morgan fingerprint density at radius 3 is 1.84 bits per heavy atom. The molecule has 0 heterocycles. The summed E-state index contributed by atoms with van der Waals surface area (Å²) in [5, 5.41) is 0. The summed E-state index contributed by atoms with van der Waals surface area (Å²) in [5.74, 6) is 3.05. The second-order valence-electron chi connectivity index (χ2n) is 5.27. The van der Waals surface area contributed by atoms with E-state index in [2.05, 4.69) is 25.9 Å². The van der Waals surface area contributed by atoms with Crippen LogP contribution < -0.4 is 0 Å². The molecular formula is C18H33O. The number of hydrogen-bond acceptors (Lipinski definition) is 1. The van der Waals surface area contributed by atoms with Gasteiger partial charge >= 0.3 is 0 Å². The zero-order valence-corrected chi connectivity index (χ0v) is 13.0. The summed E-state index contributed by atoms with van der Waals surface area (Å²) >= 11 is 0. The van der Waals surface area contributed by atoms with Gasteiger partial charge < -0.3 is 4.74 Å². The fourth-order valence-electron chi connectivity index (χ4n) is 2.10. The molecule has 0 rings (SSSR count). The van der Waals surface area contributed by atoms with E-state index in [0.29, 0.717) is 6.61 Å². The van der Waals surface area contributed by atoms with Gasteiger partial charge in [-0.2, -0.15) is 0 Å². The van der Waals surface area contributed by atoms with Crippen molar-refractivity contribution in [1.82, 2.24) is 0 Å². The van der Waals surface area contributed by atoms with E-state index in [1.807, 2.05) is 0 Å². The molecule has 0 spiro atoms. The van der Waals surface area contributed by atoms with E-state index in [9.17, 15) is 0 Å². The molecule has 1 nitrogen and oxygen atoms in total. The van der Waals surface area contributed by atoms with Gasteiger partial charge in [0.25, 0.3) is 0 Å². The molecular weight excluding hydrogens is 232 g/mol. The molecule has 0 saturated carbocycles. The molecule has 0 aliphatic rings. The molecule has 0 saturated heterocycles. The van der Waals surface area contributed by atoms with Gasteiger partial charge in [0.05, 0.1) is 0 Å². The Labute approximate surface area is 121 Å². The minimum Gasteiger partial charge on any atom is -0.447 e. The van der Waals surface area contributed by atoms with E-state index in [1.54, 1.807) is 0 Å². The van der Waals surface area contributed by atoms with Crippen molar-refractivity contribution in [2.45, 2.75) is 90.4 Å². The van der Waals surface area contributed by atoms with Gasteiger partial charge in [0.2, 0.25) is 0 Å². The molecule has 0 aliphatic carbocycles. The highest BCUT2D eigenvalue weighted by Crippen LogP contribution is 2.11. The first kappa shape index (κ1) is 18.4. The van der Waals surface area contributed by atoms with E-state index in [1.165, 1.54) is 70.6 Å². The standard InChI is InChI=1S/C18H33O/c1-3-5-6-7-8-9-10-11-12-13-14-15-16-18-19-17-4-2/h2-15,17H2,1H3. The van der Waals surface area contributed by atoms with Crippen LogP contribution in [-0.4, -0.2) is 6.61 Å². The van der Waals surface area contributed by atoms with Crippen LogP contribution in [0.5, 0.6) is 0 Å². The first-order valence-corrected chi connectivity index (χ1v) is 8.30. The van der Waals surface area contributed by atoms with Crippen molar-refractivity contribution in [1.29, 1.82) is 0 Å². The third-order valence-corrected chi connectivity index (χ3v) is 3.30. The Morgan fingerprint density at radius 2 is 1.32 bits per heavy atom. The van der Waals surface area contributed by atoms with Gasteiger partial charge in [-0.3, -0.25) is 0 Å². The molecule has 0 aromatic rings. The third kappa shape index (κ3) is 17.4. The summed E-state index contributed by atoms with van der Waals surface area (Å²) in [4.78, 5) is 0. The van der Waals surface area contributed by atoms with Crippen molar-refractivity contribution in [2.75, 3.05) is 6.61 Å². The molecule has 19 heavy (non-hydrogen) atoms. The predicted octanol–water partition coefficient (Wildman–Crippen LogP) is 5.89. The summed E-state index contributed by atoms with van der Waals surface area (Å²) in [6, 6.07) is 0. The number of ether oxygens (including phenoxy) is 1. The van der Waals surface area contributed by atoms with Crippen molar-refractivity contribution in [3.63, 3.8) is 0 Å². The molecule has 0 amide bonds. The molecule has 111 valence electrons. The highest BCUT2D eigenvalue weighted by atomic mass is 16.5. The van der Waals surface area contributed by atoms with Gasteiger partial charge in [-0.15, -0.1) is 0 Å². The maximum absolute atomic E-state index is 5.06. The highest BCUT2D eigenvalue weighted by Gasteiger charge is 1.92. The molecule has 0 unspecified atom stereocenters. The number of unbranched alkanes of at least 4 members (excludes halogenated alkanes) is 11. The lowest BCUT2D eigenvalue weighted by Crippen LogP contribution is -1.83. The molecule has 0 N–H and O–H groups in total. The Hall–Kier alpha value is -0.640. The Kier molecular flexibility index (Phi) is 16.8. The Balaban J connectivity index is 3.00. The first-order chi connectivity index (χ1) is 9.41. The fourth-order valence-corrected chi connectivity index (χ4v) is 2.10. The Morgan fingerprint density at radius 1 is 0.789 bits per heavy atom. The monoisotopic (exact) mass is 265 g/mol. The molecule has 0 bridgehead atoms. The van der Waals surface area contributed by atoms with Crippen LogP contribution in [0.3, 0.4) is 0 Å². The maximum Gasteiger partial charge on any atom is 0.110 e. The lowest BCUT2D eigenvalue weighted by Gasteiger charge is -2.01. The van der Waals surface area contributed by atoms with E-state index in [4.69, 9.17) is 4.74 Å². The van der Waals surface area contributed by atoms with E-state index in [-0.39, 0.29) is 0 Å². The summed E-state index contributed by atoms with van der Waals surface area (Å²) in [5.41, 5.74) is 0. The number of rotatable bonds is 13. The van der Waals surface area contributed by atoms with E-state index in [0.717, 1.165) is 12.8 Å². The van der Waals surface area contributed by atoms with Crippen molar-refractivity contribution < 1.29 is 4.74 Å². The minimum absolute atomic E-state index is 0.658. The average Bonchev–Trinajstić information content (AvgIpc) is 2.43. The summed E-state index contributed by atoms with van der Waals surface area (Å²) in [7, 11) is 0. The van der Waals surface area contributed by atoms with Crippen molar-refractivity contribution in [2.24, 2.45) is 0 Å². The molecule has 0 aliphatic heterocycles. The third-order valence-electron chi connectivity index (χ3n) is 3.30. The van der Waals surface area contributed by atoms with Crippen molar-refractivity contribution in [3.05, 3.63) is 6.92 Å². The second kappa shape index (κ2) is 17.4. The van der Waals surface area contributed by atoms with Gasteiger partial charge in [-0.05, 0) is 19.8 Å². The maximum atomic E-state index is 5.06. The van der Waals surface area contributed by atoms with Crippen LogP contribution in [0.1, 0.15) is 90.4 Å². The van der Waals surface area contributed by atoms with E-state index < -0.39 is 0 Å². The van der Waals surface area contributed by atoms with Crippen LogP contribution in [0, 0.1) is 19.0 Å². The van der Waals surface area contributed by atoms with Gasteiger partial charge in [-0.1, -0.05) is 77.1 Å². The smallest absolute Gasteiger partial charge is 0.110 e. The molecule has 1 heteroatoms. The zero-order chi connectivity index (χ0) is 14.0. The van der Waals surface area contributed by atoms with Crippen molar-refractivity contribution >= 4 is 0 Å². The zero-order valence-electron chi connectivity index (χ0n) is 13.0. The first-order valence-electron chi connectivity index (χ1n) is 8.30. The van der Waals surface area contributed by atoms with Gasteiger partial charge in [-0.25, -0.2) is 0 Å².